The van der Waals surface area contributed by atoms with Crippen LogP contribution in [0.5, 0.6) is 0 Å². The van der Waals surface area contributed by atoms with Gasteiger partial charge in [-0.25, -0.2) is 0 Å². The Hall–Kier alpha value is -2.33. The first kappa shape index (κ1) is 16.2. The molecule has 1 aliphatic heterocycles. The molecular weight excluding hydrogens is 312 g/mol. The number of carbonyl (C=O) groups excluding carboxylic acids is 1. The first-order chi connectivity index (χ1) is 12.1. The number of fused-ring (bicyclic) bond motifs is 3. The lowest BCUT2D eigenvalue weighted by Gasteiger charge is -2.36. The van der Waals surface area contributed by atoms with E-state index in [2.05, 4.69) is 43.1 Å². The van der Waals surface area contributed by atoms with Crippen LogP contribution in [-0.2, 0) is 4.74 Å². The van der Waals surface area contributed by atoms with Gasteiger partial charge in [0, 0.05) is 17.4 Å². The molecule has 1 saturated heterocycles. The highest BCUT2D eigenvalue weighted by molar-refractivity contribution is 6.09. The van der Waals surface area contributed by atoms with Crippen LogP contribution in [0.3, 0.4) is 0 Å². The van der Waals surface area contributed by atoms with E-state index in [1.807, 2.05) is 23.1 Å². The van der Waals surface area contributed by atoms with Gasteiger partial charge in [-0.05, 0) is 35.2 Å². The molecular formula is C21H24N2O2. The van der Waals surface area contributed by atoms with Crippen molar-refractivity contribution in [3.63, 3.8) is 0 Å². The molecule has 2 aromatic carbocycles. The number of amides is 1. The Morgan fingerprint density at radius 2 is 2.08 bits per heavy atom. The van der Waals surface area contributed by atoms with E-state index in [9.17, 15) is 4.79 Å². The maximum absolute atomic E-state index is 13.1. The lowest BCUT2D eigenvalue weighted by Crippen LogP contribution is -2.49. The van der Waals surface area contributed by atoms with Crippen molar-refractivity contribution in [1.29, 1.82) is 0 Å². The molecule has 4 nitrogen and oxygen atoms in total. The van der Waals surface area contributed by atoms with Crippen molar-refractivity contribution in [2.75, 3.05) is 19.8 Å². The summed E-state index contributed by atoms with van der Waals surface area (Å²) in [6, 6.07) is 14.6. The molecule has 0 saturated carbocycles. The van der Waals surface area contributed by atoms with Gasteiger partial charge in [0.2, 0.25) is 0 Å². The van der Waals surface area contributed by atoms with Crippen molar-refractivity contribution in [3.05, 3.63) is 48.2 Å². The molecule has 4 rings (SSSR count). The minimum Gasteiger partial charge on any atom is -0.377 e. The van der Waals surface area contributed by atoms with E-state index in [1.165, 1.54) is 10.8 Å². The summed E-state index contributed by atoms with van der Waals surface area (Å²) in [7, 11) is 0. The zero-order valence-electron chi connectivity index (χ0n) is 14.8. The molecule has 130 valence electrons. The number of morpholine rings is 1. The first-order valence-electron chi connectivity index (χ1n) is 9.02. The molecule has 1 aromatic heterocycles. The van der Waals surface area contributed by atoms with Crippen molar-refractivity contribution in [2.45, 2.75) is 26.3 Å². The van der Waals surface area contributed by atoms with Gasteiger partial charge in [-0.2, -0.15) is 0 Å². The van der Waals surface area contributed by atoms with E-state index >= 15 is 0 Å². The number of hydrogen-bond donors (Lipinski definition) is 1. The van der Waals surface area contributed by atoms with E-state index in [0.29, 0.717) is 31.4 Å². The van der Waals surface area contributed by atoms with Crippen LogP contribution in [0.1, 0.15) is 30.8 Å². The maximum Gasteiger partial charge on any atom is 0.270 e. The SMILES string of the molecule is CC(C)C[C@@H]1COCCN1C(=O)c1cc2c(ccc3ccccc32)[nH]1. The second-order valence-corrected chi connectivity index (χ2v) is 7.29. The summed E-state index contributed by atoms with van der Waals surface area (Å²) in [4.78, 5) is 18.4. The molecule has 0 unspecified atom stereocenters. The van der Waals surface area contributed by atoms with Gasteiger partial charge in [0.25, 0.3) is 5.91 Å². The number of aromatic nitrogens is 1. The first-order valence-corrected chi connectivity index (χ1v) is 9.02. The number of aromatic amines is 1. The van der Waals surface area contributed by atoms with Gasteiger partial charge < -0.3 is 14.6 Å². The second kappa shape index (κ2) is 6.52. The minimum atomic E-state index is 0.0780. The van der Waals surface area contributed by atoms with Gasteiger partial charge in [-0.15, -0.1) is 0 Å². The number of hydrogen-bond acceptors (Lipinski definition) is 2. The fraction of sp³-hybridized carbons (Fsp3) is 0.381. The summed E-state index contributed by atoms with van der Waals surface area (Å²) in [5, 5.41) is 3.48. The number of nitrogens with one attached hydrogen (secondary N) is 1. The average Bonchev–Trinajstić information content (AvgIpc) is 3.06. The van der Waals surface area contributed by atoms with Crippen LogP contribution in [0.4, 0.5) is 0 Å². The van der Waals surface area contributed by atoms with Crippen molar-refractivity contribution in [1.82, 2.24) is 9.88 Å². The zero-order valence-corrected chi connectivity index (χ0v) is 14.8. The third-order valence-corrected chi connectivity index (χ3v) is 4.99. The number of ether oxygens (including phenoxy) is 1. The summed E-state index contributed by atoms with van der Waals surface area (Å²) in [6.07, 6.45) is 0.967. The molecule has 2 heterocycles. The highest BCUT2D eigenvalue weighted by atomic mass is 16.5. The summed E-state index contributed by atoms with van der Waals surface area (Å²) < 4.78 is 5.61. The van der Waals surface area contributed by atoms with Crippen LogP contribution in [0, 0.1) is 5.92 Å². The quantitative estimate of drug-likeness (QED) is 0.779. The Morgan fingerprint density at radius 1 is 1.24 bits per heavy atom. The number of carbonyl (C=O) groups is 1. The zero-order chi connectivity index (χ0) is 17.4. The standard InChI is InChI=1S/C21H24N2O2/c1-14(2)11-16-13-25-10-9-23(16)21(24)20-12-18-17-6-4-3-5-15(17)7-8-19(18)22-20/h3-8,12,14,16,22H,9-11,13H2,1-2H3/t16-/m1/s1. The third-order valence-electron chi connectivity index (χ3n) is 4.99. The van der Waals surface area contributed by atoms with Gasteiger partial charge in [0.15, 0.2) is 0 Å². The summed E-state index contributed by atoms with van der Waals surface area (Å²) >= 11 is 0. The number of H-pyrrole nitrogens is 1. The number of benzene rings is 2. The van der Waals surface area contributed by atoms with Crippen LogP contribution in [0.15, 0.2) is 42.5 Å². The predicted molar refractivity (Wildman–Crippen MR) is 101 cm³/mol. The highest BCUT2D eigenvalue weighted by Gasteiger charge is 2.29. The average molecular weight is 336 g/mol. The van der Waals surface area contributed by atoms with Crippen molar-refractivity contribution in [2.24, 2.45) is 5.92 Å². The summed E-state index contributed by atoms with van der Waals surface area (Å²) in [5.74, 6) is 0.614. The van der Waals surface area contributed by atoms with Crippen molar-refractivity contribution >= 4 is 27.6 Å². The van der Waals surface area contributed by atoms with Crippen LogP contribution in [0.25, 0.3) is 21.7 Å². The van der Waals surface area contributed by atoms with Gasteiger partial charge in [0.05, 0.1) is 19.3 Å². The second-order valence-electron chi connectivity index (χ2n) is 7.29. The smallest absolute Gasteiger partial charge is 0.270 e. The van der Waals surface area contributed by atoms with E-state index in [0.717, 1.165) is 17.3 Å². The molecule has 0 aliphatic carbocycles. The van der Waals surface area contributed by atoms with Crippen LogP contribution < -0.4 is 0 Å². The molecule has 1 N–H and O–H groups in total. The van der Waals surface area contributed by atoms with Crippen LogP contribution in [-0.4, -0.2) is 41.6 Å². The Labute approximate surface area is 147 Å². The molecule has 0 bridgehead atoms. The minimum absolute atomic E-state index is 0.0780. The van der Waals surface area contributed by atoms with Gasteiger partial charge in [0.1, 0.15) is 5.69 Å². The van der Waals surface area contributed by atoms with Gasteiger partial charge in [-0.3, -0.25) is 4.79 Å². The molecule has 4 heteroatoms. The van der Waals surface area contributed by atoms with Crippen LogP contribution in [0.2, 0.25) is 0 Å². The molecule has 3 aromatic rings. The van der Waals surface area contributed by atoms with E-state index in [4.69, 9.17) is 4.74 Å². The Kier molecular flexibility index (Phi) is 4.22. The number of nitrogens with zero attached hydrogens (tertiary/aromatic N) is 1. The van der Waals surface area contributed by atoms with E-state index in [-0.39, 0.29) is 11.9 Å². The Balaban J connectivity index is 1.70. The van der Waals surface area contributed by atoms with E-state index < -0.39 is 0 Å². The lowest BCUT2D eigenvalue weighted by molar-refractivity contribution is -0.00771. The molecule has 1 amide bonds. The summed E-state index contributed by atoms with van der Waals surface area (Å²) in [5.41, 5.74) is 1.68. The molecule has 0 spiro atoms. The largest absolute Gasteiger partial charge is 0.377 e. The molecule has 0 radical (unpaired) electrons. The normalized spacial score (nSPS) is 18.4. The van der Waals surface area contributed by atoms with Gasteiger partial charge >= 0.3 is 0 Å². The fourth-order valence-electron chi connectivity index (χ4n) is 3.82. The maximum atomic E-state index is 13.1. The predicted octanol–water partition coefficient (Wildman–Crippen LogP) is 4.21. The lowest BCUT2D eigenvalue weighted by atomic mass is 10.0. The Morgan fingerprint density at radius 3 is 2.92 bits per heavy atom. The van der Waals surface area contributed by atoms with Crippen molar-refractivity contribution < 1.29 is 9.53 Å². The van der Waals surface area contributed by atoms with Gasteiger partial charge in [-0.1, -0.05) is 44.2 Å². The molecule has 1 aliphatic rings. The third kappa shape index (κ3) is 3.02. The monoisotopic (exact) mass is 336 g/mol. The molecule has 25 heavy (non-hydrogen) atoms. The van der Waals surface area contributed by atoms with Crippen molar-refractivity contribution in [3.8, 4) is 0 Å². The molecule has 1 atom stereocenters. The Bertz CT molecular complexity index is 913. The fourth-order valence-corrected chi connectivity index (χ4v) is 3.82. The van der Waals surface area contributed by atoms with E-state index in [1.54, 1.807) is 0 Å². The topological polar surface area (TPSA) is 45.3 Å². The summed E-state index contributed by atoms with van der Waals surface area (Å²) in [6.45, 7) is 6.28. The van der Waals surface area contributed by atoms with Crippen LogP contribution >= 0.6 is 0 Å². The highest BCUT2D eigenvalue weighted by Crippen LogP contribution is 2.27. The molecule has 1 fully saturated rings. The number of rotatable bonds is 3.